The molecule has 0 fully saturated rings. The number of methoxy groups -OCH3 is 2. The molecule has 0 bridgehead atoms. The summed E-state index contributed by atoms with van der Waals surface area (Å²) in [6.07, 6.45) is 10.5. The Hall–Kier alpha value is -3.98. The molecule has 1 aromatic heterocycles. The Morgan fingerprint density at radius 1 is 1.22 bits per heavy atom. The van der Waals surface area contributed by atoms with Crippen LogP contribution >= 0.6 is 0 Å². The Morgan fingerprint density at radius 2 is 1.93 bits per heavy atom. The van der Waals surface area contributed by atoms with Crippen molar-refractivity contribution in [2.24, 2.45) is 22.2 Å². The number of allylic oxidation sites excluding steroid dienone is 3. The molecule has 0 saturated heterocycles. The molecule has 9 heteroatoms. The fourth-order valence-electron chi connectivity index (χ4n) is 5.54. The molecule has 0 amide bonds. The number of hydrogen-bond donors (Lipinski definition) is 3. The van der Waals surface area contributed by atoms with Gasteiger partial charge in [-0.2, -0.15) is 0 Å². The van der Waals surface area contributed by atoms with Crippen LogP contribution in [0.25, 0.3) is 18.7 Å². The summed E-state index contributed by atoms with van der Waals surface area (Å²) in [5.41, 5.74) is 3.11. The zero-order chi connectivity index (χ0) is 30.5. The van der Waals surface area contributed by atoms with E-state index in [2.05, 4.69) is 37.3 Å². The van der Waals surface area contributed by atoms with Crippen LogP contribution in [0.15, 0.2) is 46.6 Å². The minimum absolute atomic E-state index is 0.120. The number of aliphatic imine (C=N–C) groups is 1. The summed E-state index contributed by atoms with van der Waals surface area (Å²) in [6, 6.07) is -0.132. The summed E-state index contributed by atoms with van der Waals surface area (Å²) < 4.78 is 10.3. The lowest BCUT2D eigenvalue weighted by Gasteiger charge is -2.37. The van der Waals surface area contributed by atoms with E-state index in [9.17, 15) is 14.4 Å². The monoisotopic (exact) mass is 563 g/mol. The highest BCUT2D eigenvalue weighted by molar-refractivity contribution is 6.24. The van der Waals surface area contributed by atoms with Gasteiger partial charge in [0.15, 0.2) is 0 Å². The van der Waals surface area contributed by atoms with E-state index in [4.69, 9.17) is 19.6 Å². The Balaban J connectivity index is 2.19. The van der Waals surface area contributed by atoms with E-state index in [0.717, 1.165) is 27.4 Å². The quantitative estimate of drug-likeness (QED) is 0.263. The minimum atomic E-state index is -1.02. The van der Waals surface area contributed by atoms with E-state index in [1.54, 1.807) is 12.2 Å². The zero-order valence-corrected chi connectivity index (χ0v) is 24.8. The van der Waals surface area contributed by atoms with Crippen molar-refractivity contribution in [1.82, 2.24) is 10.3 Å². The van der Waals surface area contributed by atoms with E-state index >= 15 is 0 Å². The van der Waals surface area contributed by atoms with Gasteiger partial charge >= 0.3 is 17.9 Å². The summed E-state index contributed by atoms with van der Waals surface area (Å²) in [5, 5.41) is 14.0. The predicted octanol–water partition coefficient (Wildman–Crippen LogP) is 3.20. The van der Waals surface area contributed by atoms with Crippen molar-refractivity contribution in [1.29, 1.82) is 0 Å². The van der Waals surface area contributed by atoms with Gasteiger partial charge in [0.2, 0.25) is 0 Å². The molecule has 41 heavy (non-hydrogen) atoms. The number of rotatable bonds is 12. The number of nitrogens with zero attached hydrogens (tertiary/aromatic N) is 1. The Bertz CT molecular complexity index is 1460. The second-order valence-corrected chi connectivity index (χ2v) is 10.9. The summed E-state index contributed by atoms with van der Waals surface area (Å²) in [6.45, 7) is 16.6. The average molecular weight is 564 g/mol. The van der Waals surface area contributed by atoms with Gasteiger partial charge in [0.05, 0.1) is 36.6 Å². The molecule has 3 N–H and O–H groups in total. The molecule has 1 aliphatic carbocycles. The summed E-state index contributed by atoms with van der Waals surface area (Å²) >= 11 is 0. The van der Waals surface area contributed by atoms with Crippen molar-refractivity contribution in [2.45, 2.75) is 53.0 Å². The lowest BCUT2D eigenvalue weighted by atomic mass is 9.63. The number of ether oxygens (including phenoxy) is 2. The summed E-state index contributed by atoms with van der Waals surface area (Å²) in [7, 11) is 2.58. The van der Waals surface area contributed by atoms with Crippen molar-refractivity contribution in [3.8, 4) is 0 Å². The molecule has 2 heterocycles. The molecule has 9 nitrogen and oxygen atoms in total. The normalized spacial score (nSPS) is 22.1. The SMILES string of the molecule is C=Cc1c(C)/c(=C/C2=NC(=C\C(NCCCCC(=O)O)C(C)C)/C3(C)C2=CC=C(C(=O)OC)C3C(=O)OC)[nH]c1=C. The highest BCUT2D eigenvalue weighted by atomic mass is 16.5. The van der Waals surface area contributed by atoms with Crippen LogP contribution in [0, 0.1) is 24.2 Å². The van der Waals surface area contributed by atoms with Gasteiger partial charge < -0.3 is 24.9 Å². The molecule has 3 rings (SSSR count). The van der Waals surface area contributed by atoms with Gasteiger partial charge in [-0.15, -0.1) is 0 Å². The molecule has 0 radical (unpaired) electrons. The number of fused-ring (bicyclic) bond motifs is 1. The molecular weight excluding hydrogens is 522 g/mol. The molecular formula is C32H41N3O6. The first-order valence-electron chi connectivity index (χ1n) is 13.8. The van der Waals surface area contributed by atoms with Gasteiger partial charge in [0.1, 0.15) is 5.92 Å². The van der Waals surface area contributed by atoms with Crippen LogP contribution in [0.1, 0.15) is 51.2 Å². The van der Waals surface area contributed by atoms with E-state index in [0.29, 0.717) is 30.8 Å². The summed E-state index contributed by atoms with van der Waals surface area (Å²) in [5.74, 6) is -2.81. The fourth-order valence-corrected chi connectivity index (χ4v) is 5.54. The van der Waals surface area contributed by atoms with Crippen molar-refractivity contribution in [3.05, 3.63) is 63.5 Å². The number of unbranched alkanes of at least 4 members (excludes halogenated alkanes) is 1. The molecule has 3 unspecified atom stereocenters. The number of carbonyl (C=O) groups is 3. The first kappa shape index (κ1) is 31.5. The average Bonchev–Trinajstić information content (AvgIpc) is 3.36. The minimum Gasteiger partial charge on any atom is -0.481 e. The van der Waals surface area contributed by atoms with Gasteiger partial charge in [0.25, 0.3) is 0 Å². The zero-order valence-electron chi connectivity index (χ0n) is 24.8. The maximum atomic E-state index is 13.3. The number of aliphatic carboxylic acids is 1. The third-order valence-electron chi connectivity index (χ3n) is 7.94. The lowest BCUT2D eigenvalue weighted by molar-refractivity contribution is -0.150. The summed E-state index contributed by atoms with van der Waals surface area (Å²) in [4.78, 5) is 45.4. The van der Waals surface area contributed by atoms with Crippen LogP contribution in [0.3, 0.4) is 0 Å². The molecule has 3 atom stereocenters. The number of hydrogen-bond acceptors (Lipinski definition) is 7. The highest BCUT2D eigenvalue weighted by Crippen LogP contribution is 2.53. The molecule has 1 aromatic rings. The molecule has 0 spiro atoms. The van der Waals surface area contributed by atoms with Crippen LogP contribution in [0.4, 0.5) is 0 Å². The molecule has 0 saturated carbocycles. The Labute approximate surface area is 241 Å². The number of nitrogens with one attached hydrogen (secondary N) is 2. The van der Waals surface area contributed by atoms with E-state index < -0.39 is 29.2 Å². The van der Waals surface area contributed by atoms with Crippen molar-refractivity contribution in [2.75, 3.05) is 20.8 Å². The van der Waals surface area contributed by atoms with Crippen LogP contribution < -0.4 is 16.0 Å². The van der Waals surface area contributed by atoms with Crippen LogP contribution in [0.2, 0.25) is 0 Å². The standard InChI is InChI=1S/C32H41N3O6/c1-9-21-19(4)25(34-20(21)5)16-26-23-14-13-22(30(38)40-7)29(31(39)41-8)32(23,6)27(35-26)17-24(18(2)3)33-15-11-10-12-28(36)37/h9,13-14,16-18,24,29,33-34H,1,5,10-12,15H2,2-4,6-8H3,(H,36,37)/b25-16-,27-17-. The van der Waals surface area contributed by atoms with Gasteiger partial charge in [-0.05, 0) is 62.4 Å². The largest absolute Gasteiger partial charge is 0.481 e. The second-order valence-electron chi connectivity index (χ2n) is 10.9. The maximum absolute atomic E-state index is 13.3. The molecule has 0 aromatic carbocycles. The number of esters is 2. The second kappa shape index (κ2) is 13.1. The van der Waals surface area contributed by atoms with Crippen LogP contribution in [0.5, 0.6) is 0 Å². The van der Waals surface area contributed by atoms with Crippen molar-refractivity contribution in [3.63, 3.8) is 0 Å². The highest BCUT2D eigenvalue weighted by Gasteiger charge is 2.54. The van der Waals surface area contributed by atoms with Gasteiger partial charge in [-0.1, -0.05) is 45.2 Å². The van der Waals surface area contributed by atoms with E-state index in [1.165, 1.54) is 14.2 Å². The van der Waals surface area contributed by atoms with E-state index in [-0.39, 0.29) is 24.0 Å². The predicted molar refractivity (Wildman–Crippen MR) is 160 cm³/mol. The molecule has 1 aliphatic heterocycles. The Morgan fingerprint density at radius 3 is 2.49 bits per heavy atom. The third kappa shape index (κ3) is 6.35. The van der Waals surface area contributed by atoms with E-state index in [1.807, 2.05) is 32.1 Å². The number of H-pyrrole nitrogens is 1. The van der Waals surface area contributed by atoms with Gasteiger partial charge in [-0.25, -0.2) is 4.79 Å². The Kier molecular flexibility index (Phi) is 10.1. The first-order chi connectivity index (χ1) is 19.4. The van der Waals surface area contributed by atoms with Crippen molar-refractivity contribution >= 4 is 42.4 Å². The smallest absolute Gasteiger partial charge is 0.334 e. The number of aromatic nitrogens is 1. The first-order valence-corrected chi connectivity index (χ1v) is 13.8. The fraction of sp³-hybridized carbons (Fsp3) is 0.438. The number of carboxylic acid groups (broad SMARTS) is 1. The van der Waals surface area contributed by atoms with Crippen molar-refractivity contribution < 1.29 is 29.0 Å². The van der Waals surface area contributed by atoms with Gasteiger partial charge in [-0.3, -0.25) is 14.6 Å². The lowest BCUT2D eigenvalue weighted by Crippen LogP contribution is -2.42. The van der Waals surface area contributed by atoms with Crippen LogP contribution in [-0.2, 0) is 23.9 Å². The maximum Gasteiger partial charge on any atom is 0.334 e. The topological polar surface area (TPSA) is 130 Å². The van der Waals surface area contributed by atoms with Gasteiger partial charge in [0, 0.05) is 28.7 Å². The number of carboxylic acids is 1. The number of carbonyl (C=O) groups excluding carboxylic acids is 2. The molecule has 220 valence electrons. The third-order valence-corrected chi connectivity index (χ3v) is 7.94. The number of aromatic amines is 1. The molecule has 2 aliphatic rings. The van der Waals surface area contributed by atoms with Crippen LogP contribution in [-0.4, -0.2) is 60.5 Å².